The number of hydrogen-bond donors (Lipinski definition) is 2. The van der Waals surface area contributed by atoms with E-state index in [0.717, 1.165) is 0 Å². The number of hydrogen-bond acceptors (Lipinski definition) is 6. The molecule has 0 radical (unpaired) electrons. The Morgan fingerprint density at radius 1 is 0.966 bits per heavy atom. The summed E-state index contributed by atoms with van der Waals surface area (Å²) in [5.41, 5.74) is 1.05. The van der Waals surface area contributed by atoms with Crippen LogP contribution in [0.1, 0.15) is 5.56 Å². The van der Waals surface area contributed by atoms with Gasteiger partial charge in [0, 0.05) is 11.5 Å². The molecular formula is C20H18N2O5S2. The zero-order valence-electron chi connectivity index (χ0n) is 15.1. The predicted molar refractivity (Wildman–Crippen MR) is 110 cm³/mol. The van der Waals surface area contributed by atoms with Crippen molar-refractivity contribution in [1.29, 1.82) is 0 Å². The Labute approximate surface area is 168 Å². The zero-order chi connectivity index (χ0) is 20.5. The summed E-state index contributed by atoms with van der Waals surface area (Å²) in [4.78, 5) is 0. The van der Waals surface area contributed by atoms with E-state index in [2.05, 4.69) is 10.0 Å². The Morgan fingerprint density at radius 3 is 2.45 bits per heavy atom. The lowest BCUT2D eigenvalue weighted by Gasteiger charge is -2.24. The summed E-state index contributed by atoms with van der Waals surface area (Å²) >= 11 is 0. The maximum Gasteiger partial charge on any atom is 0.295 e. The van der Waals surface area contributed by atoms with Crippen molar-refractivity contribution < 1.29 is 21.3 Å². The molecule has 0 bridgehead atoms. The lowest BCUT2D eigenvalue weighted by molar-refractivity contribution is 0.477. The highest BCUT2D eigenvalue weighted by atomic mass is 32.2. The molecule has 9 heteroatoms. The molecule has 0 fully saturated rings. The van der Waals surface area contributed by atoms with Crippen molar-refractivity contribution in [2.45, 2.75) is 16.2 Å². The first-order chi connectivity index (χ1) is 13.9. The van der Waals surface area contributed by atoms with Gasteiger partial charge < -0.3 is 9.73 Å². The van der Waals surface area contributed by atoms with Crippen LogP contribution in [0.25, 0.3) is 11.0 Å². The van der Waals surface area contributed by atoms with Gasteiger partial charge in [0.2, 0.25) is 5.09 Å². The molecule has 1 unspecified atom stereocenters. The van der Waals surface area contributed by atoms with E-state index in [-0.39, 0.29) is 16.5 Å². The minimum atomic E-state index is -4.11. The molecule has 3 aromatic rings. The summed E-state index contributed by atoms with van der Waals surface area (Å²) in [7, 11) is -7.86. The van der Waals surface area contributed by atoms with Crippen molar-refractivity contribution in [2.24, 2.45) is 0 Å². The third-order valence-electron chi connectivity index (χ3n) is 4.39. The molecule has 1 aromatic heterocycles. The average molecular weight is 431 g/mol. The summed E-state index contributed by atoms with van der Waals surface area (Å²) in [6, 6.07) is 17.0. The number of allylic oxidation sites excluding steroid dienone is 2. The third-order valence-corrected chi connectivity index (χ3v) is 7.47. The fraction of sp³-hybridized carbons (Fsp3) is 0.100. The van der Waals surface area contributed by atoms with Crippen molar-refractivity contribution in [2.75, 3.05) is 0 Å². The Balaban J connectivity index is 1.62. The van der Waals surface area contributed by atoms with Gasteiger partial charge in [-0.2, -0.15) is 8.42 Å². The van der Waals surface area contributed by atoms with Crippen molar-refractivity contribution in [3.05, 3.63) is 90.3 Å². The SMILES string of the molecule is O=S(=O)(NC1=CC=CNC1S(=O)(=O)Cc1ccccc1)c1cc2ccccc2o1. The van der Waals surface area contributed by atoms with Gasteiger partial charge in [0.05, 0.1) is 11.4 Å². The van der Waals surface area contributed by atoms with Crippen molar-refractivity contribution >= 4 is 30.8 Å². The molecule has 29 heavy (non-hydrogen) atoms. The largest absolute Gasteiger partial charge is 0.443 e. The van der Waals surface area contributed by atoms with Crippen LogP contribution in [0.5, 0.6) is 0 Å². The number of para-hydroxylation sites is 1. The average Bonchev–Trinajstić information content (AvgIpc) is 3.14. The van der Waals surface area contributed by atoms with E-state index in [9.17, 15) is 16.8 Å². The first-order valence-corrected chi connectivity index (χ1v) is 11.9. The molecule has 1 atom stereocenters. The van der Waals surface area contributed by atoms with Crippen LogP contribution in [0.15, 0.2) is 94.2 Å². The molecule has 0 amide bonds. The second kappa shape index (κ2) is 7.41. The number of sulfone groups is 1. The van der Waals surface area contributed by atoms with E-state index in [1.807, 2.05) is 0 Å². The Bertz CT molecular complexity index is 1270. The van der Waals surface area contributed by atoms with E-state index in [1.54, 1.807) is 54.6 Å². The number of sulfonamides is 1. The van der Waals surface area contributed by atoms with E-state index >= 15 is 0 Å². The molecule has 0 spiro atoms. The lowest BCUT2D eigenvalue weighted by Crippen LogP contribution is -2.43. The molecule has 1 aliphatic rings. The lowest BCUT2D eigenvalue weighted by atomic mass is 10.2. The number of benzene rings is 2. The fourth-order valence-electron chi connectivity index (χ4n) is 3.04. The van der Waals surface area contributed by atoms with Crippen molar-refractivity contribution in [3.8, 4) is 0 Å². The number of dihydropyridines is 1. The van der Waals surface area contributed by atoms with Gasteiger partial charge in [0.15, 0.2) is 15.2 Å². The Morgan fingerprint density at radius 2 is 1.69 bits per heavy atom. The summed E-state index contributed by atoms with van der Waals surface area (Å²) < 4.78 is 59.3. The summed E-state index contributed by atoms with van der Waals surface area (Å²) in [5.74, 6) is -0.233. The zero-order valence-corrected chi connectivity index (χ0v) is 16.8. The van der Waals surface area contributed by atoms with Crippen LogP contribution in [-0.2, 0) is 25.6 Å². The first kappa shape index (κ1) is 19.3. The molecule has 150 valence electrons. The van der Waals surface area contributed by atoms with Gasteiger partial charge in [-0.1, -0.05) is 48.5 Å². The highest BCUT2D eigenvalue weighted by Crippen LogP contribution is 2.24. The molecule has 2 N–H and O–H groups in total. The molecule has 2 aromatic carbocycles. The Hall–Kier alpha value is -3.04. The normalized spacial score (nSPS) is 17.0. The van der Waals surface area contributed by atoms with Gasteiger partial charge in [-0.25, -0.2) is 8.42 Å². The van der Waals surface area contributed by atoms with E-state index in [0.29, 0.717) is 16.5 Å². The van der Waals surface area contributed by atoms with E-state index in [1.165, 1.54) is 24.4 Å². The minimum Gasteiger partial charge on any atom is -0.443 e. The first-order valence-electron chi connectivity index (χ1n) is 8.75. The van der Waals surface area contributed by atoms with Crippen LogP contribution >= 0.6 is 0 Å². The second-order valence-electron chi connectivity index (χ2n) is 6.53. The topological polar surface area (TPSA) is 105 Å². The monoisotopic (exact) mass is 430 g/mol. The van der Waals surface area contributed by atoms with Gasteiger partial charge in [-0.3, -0.25) is 4.72 Å². The highest BCUT2D eigenvalue weighted by Gasteiger charge is 2.33. The third kappa shape index (κ3) is 4.06. The van der Waals surface area contributed by atoms with Gasteiger partial charge in [0.25, 0.3) is 10.0 Å². The van der Waals surface area contributed by atoms with Gasteiger partial charge in [-0.15, -0.1) is 0 Å². The molecule has 0 aliphatic carbocycles. The fourth-order valence-corrected chi connectivity index (χ4v) is 5.83. The van der Waals surface area contributed by atoms with Crippen molar-refractivity contribution in [1.82, 2.24) is 10.0 Å². The minimum absolute atomic E-state index is 0.00360. The molecule has 7 nitrogen and oxygen atoms in total. The maximum absolute atomic E-state index is 12.9. The molecule has 2 heterocycles. The van der Waals surface area contributed by atoms with Gasteiger partial charge >= 0.3 is 0 Å². The molecular weight excluding hydrogens is 412 g/mol. The quantitative estimate of drug-likeness (QED) is 0.623. The van der Waals surface area contributed by atoms with E-state index < -0.39 is 25.2 Å². The summed E-state index contributed by atoms with van der Waals surface area (Å²) in [6.07, 6.45) is 4.42. The number of rotatable bonds is 6. The van der Waals surface area contributed by atoms with Crippen molar-refractivity contribution in [3.63, 3.8) is 0 Å². The standard InChI is InChI=1S/C20H18N2O5S2/c23-28(24,14-15-7-2-1-3-8-15)20-17(10-6-12-21-20)22-29(25,26)19-13-16-9-4-5-11-18(16)27-19/h1-13,20-22H,14H2. The molecule has 0 saturated carbocycles. The van der Waals surface area contributed by atoms with Crippen LogP contribution in [0.2, 0.25) is 0 Å². The van der Waals surface area contributed by atoms with Gasteiger partial charge in [0.1, 0.15) is 5.58 Å². The number of furan rings is 1. The van der Waals surface area contributed by atoms with Crippen LogP contribution in [0.3, 0.4) is 0 Å². The predicted octanol–water partition coefficient (Wildman–Crippen LogP) is 2.65. The summed E-state index contributed by atoms with van der Waals surface area (Å²) in [6.45, 7) is 0. The van der Waals surface area contributed by atoms with Crippen LogP contribution in [0.4, 0.5) is 0 Å². The van der Waals surface area contributed by atoms with Crippen LogP contribution in [-0.4, -0.2) is 22.2 Å². The number of nitrogens with one attached hydrogen (secondary N) is 2. The molecule has 1 aliphatic heterocycles. The van der Waals surface area contributed by atoms with Gasteiger partial charge in [-0.05, 0) is 30.0 Å². The molecule has 4 rings (SSSR count). The summed E-state index contributed by atoms with van der Waals surface area (Å²) in [5, 5.41) is 1.86. The smallest absolute Gasteiger partial charge is 0.295 e. The highest BCUT2D eigenvalue weighted by molar-refractivity contribution is 7.91. The Kier molecular flexibility index (Phi) is 4.93. The molecule has 0 saturated heterocycles. The van der Waals surface area contributed by atoms with Crippen LogP contribution in [0, 0.1) is 0 Å². The van der Waals surface area contributed by atoms with E-state index in [4.69, 9.17) is 4.42 Å². The number of fused-ring (bicyclic) bond motifs is 1. The second-order valence-corrected chi connectivity index (χ2v) is 10.2. The van der Waals surface area contributed by atoms with Crippen LogP contribution < -0.4 is 10.0 Å². The maximum atomic E-state index is 12.9.